The monoisotopic (exact) mass is 349 g/mol. The van der Waals surface area contributed by atoms with Crippen LogP contribution in [0.2, 0.25) is 0 Å². The molecule has 5 nitrogen and oxygen atoms in total. The third-order valence-corrected chi connectivity index (χ3v) is 4.69. The highest BCUT2D eigenvalue weighted by Gasteiger charge is 2.33. The molecule has 0 radical (unpaired) electrons. The number of benzene rings is 2. The molecule has 0 N–H and O–H groups in total. The average molecular weight is 349 g/mol. The number of carbonyl (C=O) groups excluding carboxylic acids is 1. The second-order valence-corrected chi connectivity index (χ2v) is 6.51. The van der Waals surface area contributed by atoms with Gasteiger partial charge in [-0.05, 0) is 24.6 Å². The van der Waals surface area contributed by atoms with E-state index in [0.29, 0.717) is 18.7 Å². The molecule has 1 fully saturated rings. The minimum atomic E-state index is -0.611. The molecular weight excluding hydrogens is 330 g/mol. The predicted molar refractivity (Wildman–Crippen MR) is 98.1 cm³/mol. The number of hydrogen-bond donors (Lipinski definition) is 0. The van der Waals surface area contributed by atoms with Gasteiger partial charge in [0.2, 0.25) is 0 Å². The van der Waals surface area contributed by atoms with Crippen LogP contribution in [-0.4, -0.2) is 30.1 Å². The lowest BCUT2D eigenvalue weighted by Gasteiger charge is -2.38. The zero-order chi connectivity index (χ0) is 18.1. The Morgan fingerprint density at radius 2 is 1.81 bits per heavy atom. The number of hydrogen-bond acceptors (Lipinski definition) is 4. The number of fused-ring (bicyclic) bond motifs is 1. The smallest absolute Gasteiger partial charge is 0.349 e. The molecular formula is C21H19NO4. The van der Waals surface area contributed by atoms with Gasteiger partial charge in [-0.15, -0.1) is 0 Å². The van der Waals surface area contributed by atoms with Gasteiger partial charge in [0.05, 0.1) is 18.8 Å². The Balaban J connectivity index is 1.75. The van der Waals surface area contributed by atoms with Crippen molar-refractivity contribution in [1.29, 1.82) is 0 Å². The Morgan fingerprint density at radius 3 is 2.62 bits per heavy atom. The van der Waals surface area contributed by atoms with Crippen LogP contribution in [0, 0.1) is 0 Å². The molecule has 1 aliphatic heterocycles. The van der Waals surface area contributed by atoms with Crippen LogP contribution in [0.4, 0.5) is 0 Å². The molecule has 1 amide bonds. The summed E-state index contributed by atoms with van der Waals surface area (Å²) in [6.07, 6.45) is -0.0913. The van der Waals surface area contributed by atoms with Gasteiger partial charge in [-0.2, -0.15) is 0 Å². The van der Waals surface area contributed by atoms with Gasteiger partial charge in [-0.25, -0.2) is 4.79 Å². The summed E-state index contributed by atoms with van der Waals surface area (Å²) in [5.74, 6) is -0.325. The first-order valence-corrected chi connectivity index (χ1v) is 8.64. The Bertz CT molecular complexity index is 996. The lowest BCUT2D eigenvalue weighted by Crippen LogP contribution is -2.47. The number of carbonyl (C=O) groups is 1. The molecule has 0 aliphatic carbocycles. The van der Waals surface area contributed by atoms with E-state index in [1.165, 1.54) is 0 Å². The van der Waals surface area contributed by atoms with Crippen molar-refractivity contribution in [2.75, 3.05) is 13.2 Å². The van der Waals surface area contributed by atoms with Crippen molar-refractivity contribution < 1.29 is 13.9 Å². The van der Waals surface area contributed by atoms with Crippen molar-refractivity contribution in [3.8, 4) is 0 Å². The van der Waals surface area contributed by atoms with E-state index < -0.39 is 5.63 Å². The molecule has 0 bridgehead atoms. The number of ether oxygens (including phenoxy) is 1. The van der Waals surface area contributed by atoms with Crippen molar-refractivity contribution >= 4 is 16.9 Å². The van der Waals surface area contributed by atoms with Crippen LogP contribution < -0.4 is 5.63 Å². The topological polar surface area (TPSA) is 59.8 Å². The molecule has 2 aromatic carbocycles. The van der Waals surface area contributed by atoms with Crippen LogP contribution in [0.5, 0.6) is 0 Å². The fourth-order valence-corrected chi connectivity index (χ4v) is 3.34. The Labute approximate surface area is 150 Å². The molecule has 4 rings (SSSR count). The van der Waals surface area contributed by atoms with Gasteiger partial charge in [0.15, 0.2) is 0 Å². The molecule has 5 heteroatoms. The zero-order valence-electron chi connectivity index (χ0n) is 14.4. The van der Waals surface area contributed by atoms with E-state index in [0.717, 1.165) is 10.9 Å². The molecule has 2 heterocycles. The van der Waals surface area contributed by atoms with Crippen LogP contribution in [0.1, 0.15) is 28.9 Å². The second kappa shape index (κ2) is 6.77. The highest BCUT2D eigenvalue weighted by atomic mass is 16.5. The summed E-state index contributed by atoms with van der Waals surface area (Å²) in [5, 5.41) is 0.730. The fourth-order valence-electron chi connectivity index (χ4n) is 3.34. The quantitative estimate of drug-likeness (QED) is 0.666. The first-order chi connectivity index (χ1) is 12.6. The maximum Gasteiger partial charge on any atom is 0.349 e. The minimum Gasteiger partial charge on any atom is -0.422 e. The van der Waals surface area contributed by atoms with Crippen LogP contribution in [0.3, 0.4) is 0 Å². The molecule has 0 saturated carbocycles. The second-order valence-electron chi connectivity index (χ2n) is 6.51. The van der Waals surface area contributed by atoms with E-state index in [9.17, 15) is 9.59 Å². The van der Waals surface area contributed by atoms with E-state index in [4.69, 9.17) is 9.15 Å². The van der Waals surface area contributed by atoms with E-state index >= 15 is 0 Å². The van der Waals surface area contributed by atoms with Gasteiger partial charge >= 0.3 is 5.63 Å². The van der Waals surface area contributed by atoms with E-state index in [1.54, 1.807) is 23.1 Å². The lowest BCUT2D eigenvalue weighted by atomic mass is 10.0. The third kappa shape index (κ3) is 3.02. The number of rotatable bonds is 2. The van der Waals surface area contributed by atoms with Crippen molar-refractivity contribution in [3.63, 3.8) is 0 Å². The number of nitrogens with zero attached hydrogens (tertiary/aromatic N) is 1. The molecule has 1 aliphatic rings. The van der Waals surface area contributed by atoms with Crippen LogP contribution in [-0.2, 0) is 4.74 Å². The van der Waals surface area contributed by atoms with Crippen LogP contribution in [0.15, 0.2) is 69.9 Å². The highest BCUT2D eigenvalue weighted by Crippen LogP contribution is 2.28. The van der Waals surface area contributed by atoms with Gasteiger partial charge in [-0.1, -0.05) is 48.5 Å². The molecule has 26 heavy (non-hydrogen) atoms. The first kappa shape index (κ1) is 16.5. The Hall–Kier alpha value is -2.92. The summed E-state index contributed by atoms with van der Waals surface area (Å²) >= 11 is 0. The van der Waals surface area contributed by atoms with Gasteiger partial charge in [0.1, 0.15) is 11.1 Å². The van der Waals surface area contributed by atoms with Crippen LogP contribution >= 0.6 is 0 Å². The SMILES string of the molecule is C[C@@H]1CN(C(=O)c2cc3ccccc3oc2=O)[C@H](c2ccccc2)CO1. The maximum atomic E-state index is 13.2. The van der Waals surface area contributed by atoms with E-state index in [1.807, 2.05) is 49.4 Å². The normalized spacial score (nSPS) is 20.3. The van der Waals surface area contributed by atoms with E-state index in [2.05, 4.69) is 0 Å². The van der Waals surface area contributed by atoms with Gasteiger partial charge in [-0.3, -0.25) is 4.79 Å². The van der Waals surface area contributed by atoms with Gasteiger partial charge < -0.3 is 14.1 Å². The summed E-state index contributed by atoms with van der Waals surface area (Å²) in [6, 6.07) is 18.3. The third-order valence-electron chi connectivity index (χ3n) is 4.69. The molecule has 3 aromatic rings. The molecule has 2 atom stereocenters. The summed E-state index contributed by atoms with van der Waals surface area (Å²) in [7, 11) is 0. The Kier molecular flexibility index (Phi) is 4.31. The number of para-hydroxylation sites is 1. The molecule has 132 valence electrons. The summed E-state index contributed by atoms with van der Waals surface area (Å²) in [5.41, 5.74) is 0.903. The van der Waals surface area contributed by atoms with Crippen molar-refractivity contribution in [1.82, 2.24) is 4.90 Å². The number of amides is 1. The average Bonchev–Trinajstić information content (AvgIpc) is 2.67. The first-order valence-electron chi connectivity index (χ1n) is 8.64. The van der Waals surface area contributed by atoms with Crippen molar-refractivity contribution in [2.45, 2.75) is 19.1 Å². The lowest BCUT2D eigenvalue weighted by molar-refractivity contribution is -0.0448. The fraction of sp³-hybridized carbons (Fsp3) is 0.238. The molecule has 1 aromatic heterocycles. The van der Waals surface area contributed by atoms with Crippen molar-refractivity contribution in [2.24, 2.45) is 0 Å². The maximum absolute atomic E-state index is 13.2. The summed E-state index contributed by atoms with van der Waals surface area (Å²) in [6.45, 7) is 2.74. The highest BCUT2D eigenvalue weighted by molar-refractivity contribution is 5.97. The summed E-state index contributed by atoms with van der Waals surface area (Å²) < 4.78 is 11.1. The van der Waals surface area contributed by atoms with Gasteiger partial charge in [0, 0.05) is 11.9 Å². The predicted octanol–water partition coefficient (Wildman–Crippen LogP) is 3.40. The molecule has 0 unspecified atom stereocenters. The largest absolute Gasteiger partial charge is 0.422 e. The zero-order valence-corrected chi connectivity index (χ0v) is 14.4. The van der Waals surface area contributed by atoms with E-state index in [-0.39, 0.29) is 23.6 Å². The van der Waals surface area contributed by atoms with Crippen LogP contribution in [0.25, 0.3) is 11.0 Å². The minimum absolute atomic E-state index is 0.0544. The van der Waals surface area contributed by atoms with Crippen molar-refractivity contribution in [3.05, 3.63) is 82.2 Å². The molecule has 0 spiro atoms. The van der Waals surface area contributed by atoms with Gasteiger partial charge in [0.25, 0.3) is 5.91 Å². The summed E-state index contributed by atoms with van der Waals surface area (Å²) in [4.78, 5) is 27.3. The number of morpholine rings is 1. The molecule has 1 saturated heterocycles. The standard InChI is InChI=1S/C21H19NO4/c1-14-12-22(18(13-25-14)15-7-3-2-4-8-15)20(23)17-11-16-9-5-6-10-19(16)26-21(17)24/h2-11,14,18H,12-13H2,1H3/t14-,18+/m1/s1. The Morgan fingerprint density at radius 1 is 1.08 bits per heavy atom.